The van der Waals surface area contributed by atoms with Crippen molar-refractivity contribution in [3.8, 4) is 0 Å². The largest absolute Gasteiger partial charge is 0.481 e. The molecule has 0 saturated carbocycles. The van der Waals surface area contributed by atoms with E-state index in [9.17, 15) is 14.4 Å². The van der Waals surface area contributed by atoms with Crippen LogP contribution in [0.1, 0.15) is 110 Å². The first-order valence-corrected chi connectivity index (χ1v) is 11.3. The fourth-order valence-electron chi connectivity index (χ4n) is 2.90. The van der Waals surface area contributed by atoms with E-state index in [1.54, 1.807) is 0 Å². The number of carbonyl (C=O) groups excluding carboxylic acids is 2. The molecule has 7 nitrogen and oxygen atoms in total. The van der Waals surface area contributed by atoms with Crippen LogP contribution in [-0.2, 0) is 19.1 Å². The monoisotopic (exact) mass is 416 g/mol. The smallest absolute Gasteiger partial charge is 0.303 e. The minimum absolute atomic E-state index is 0.261. The number of primary amides is 2. The zero-order valence-electron chi connectivity index (χ0n) is 18.5. The van der Waals surface area contributed by atoms with Gasteiger partial charge in [-0.2, -0.15) is 0 Å². The predicted molar refractivity (Wildman–Crippen MR) is 116 cm³/mol. The molecule has 5 N–H and O–H groups in total. The lowest BCUT2D eigenvalue weighted by molar-refractivity contribution is -0.137. The standard InChI is InChI=1S/C18H36O2.C4H8N2O3/c1-2-3-4-5-6-7-8-9-10-11-12-13-14-15-16-17-18(19)20;5-3(7)1-9-2-4(6)8/h2-17H2,1H3,(H,19,20);1-2H2,(H2,5,7)(H2,6,8). The Morgan fingerprint density at radius 1 is 0.621 bits per heavy atom. The highest BCUT2D eigenvalue weighted by molar-refractivity contribution is 5.77. The molecule has 0 aromatic rings. The third-order valence-corrected chi connectivity index (χ3v) is 4.48. The number of carbonyl (C=O) groups is 3. The van der Waals surface area contributed by atoms with Crippen LogP contribution in [0.15, 0.2) is 0 Å². The fraction of sp³-hybridized carbons (Fsp3) is 0.864. The number of nitrogens with two attached hydrogens (primary N) is 2. The van der Waals surface area contributed by atoms with Crippen LogP contribution in [0.5, 0.6) is 0 Å². The van der Waals surface area contributed by atoms with E-state index in [1.165, 1.54) is 83.5 Å². The first kappa shape index (κ1) is 29.6. The first-order chi connectivity index (χ1) is 13.9. The zero-order valence-corrected chi connectivity index (χ0v) is 18.5. The molecule has 0 rings (SSSR count). The van der Waals surface area contributed by atoms with Gasteiger partial charge in [0.05, 0.1) is 0 Å². The molecule has 0 aliphatic heterocycles. The molecule has 0 atom stereocenters. The van der Waals surface area contributed by atoms with E-state index in [-0.39, 0.29) is 13.2 Å². The van der Waals surface area contributed by atoms with E-state index in [0.29, 0.717) is 6.42 Å². The van der Waals surface area contributed by atoms with E-state index in [1.807, 2.05) is 0 Å². The Bertz CT molecular complexity index is 389. The Balaban J connectivity index is 0. The Kier molecular flexibility index (Phi) is 24.9. The second kappa shape index (κ2) is 24.4. The van der Waals surface area contributed by atoms with Crippen LogP contribution in [0, 0.1) is 0 Å². The Morgan fingerprint density at radius 2 is 0.931 bits per heavy atom. The van der Waals surface area contributed by atoms with Crippen LogP contribution in [0.3, 0.4) is 0 Å². The average Bonchev–Trinajstić information content (AvgIpc) is 2.64. The molecule has 29 heavy (non-hydrogen) atoms. The minimum atomic E-state index is -0.653. The summed E-state index contributed by atoms with van der Waals surface area (Å²) in [6, 6.07) is 0. The van der Waals surface area contributed by atoms with E-state index in [0.717, 1.165) is 12.8 Å². The van der Waals surface area contributed by atoms with Gasteiger partial charge in [0.1, 0.15) is 13.2 Å². The quantitative estimate of drug-likeness (QED) is 0.254. The summed E-state index contributed by atoms with van der Waals surface area (Å²) in [5.41, 5.74) is 9.33. The molecule has 0 saturated heterocycles. The third kappa shape index (κ3) is 34.3. The van der Waals surface area contributed by atoms with Crippen LogP contribution in [0.4, 0.5) is 0 Å². The Labute approximate surface area is 176 Å². The van der Waals surface area contributed by atoms with E-state index in [4.69, 9.17) is 5.11 Å². The van der Waals surface area contributed by atoms with Crippen molar-refractivity contribution in [3.63, 3.8) is 0 Å². The molecule has 0 fully saturated rings. The lowest BCUT2D eigenvalue weighted by Crippen LogP contribution is -2.24. The van der Waals surface area contributed by atoms with Gasteiger partial charge in [0.25, 0.3) is 0 Å². The highest BCUT2D eigenvalue weighted by atomic mass is 16.5. The van der Waals surface area contributed by atoms with Gasteiger partial charge in [-0.25, -0.2) is 0 Å². The number of carboxylic acids is 1. The summed E-state index contributed by atoms with van der Waals surface area (Å²) in [5.74, 6) is -1.88. The molecule has 7 heteroatoms. The molecule has 0 radical (unpaired) electrons. The van der Waals surface area contributed by atoms with Crippen molar-refractivity contribution in [2.75, 3.05) is 13.2 Å². The number of carboxylic acid groups (broad SMARTS) is 1. The number of hydrogen-bond acceptors (Lipinski definition) is 4. The van der Waals surface area contributed by atoms with Crippen LogP contribution in [0.2, 0.25) is 0 Å². The van der Waals surface area contributed by atoms with Crippen LogP contribution in [0.25, 0.3) is 0 Å². The summed E-state index contributed by atoms with van der Waals surface area (Å²) >= 11 is 0. The van der Waals surface area contributed by atoms with Gasteiger partial charge in [0.15, 0.2) is 0 Å². The van der Waals surface area contributed by atoms with Crippen LogP contribution >= 0.6 is 0 Å². The summed E-state index contributed by atoms with van der Waals surface area (Å²) < 4.78 is 4.41. The second-order valence-electron chi connectivity index (χ2n) is 7.52. The molecule has 2 amide bonds. The molecule has 172 valence electrons. The summed E-state index contributed by atoms with van der Waals surface area (Å²) in [6.07, 6.45) is 20.2. The summed E-state index contributed by atoms with van der Waals surface area (Å²) in [7, 11) is 0. The Hall–Kier alpha value is -1.63. The first-order valence-electron chi connectivity index (χ1n) is 11.3. The van der Waals surface area contributed by atoms with Gasteiger partial charge in [-0.3, -0.25) is 14.4 Å². The predicted octanol–water partition coefficient (Wildman–Crippen LogP) is 4.31. The fourth-order valence-corrected chi connectivity index (χ4v) is 2.90. The molecule has 0 aliphatic carbocycles. The molecule has 0 bridgehead atoms. The molecular weight excluding hydrogens is 372 g/mol. The van der Waals surface area contributed by atoms with E-state index < -0.39 is 17.8 Å². The van der Waals surface area contributed by atoms with Crippen LogP contribution < -0.4 is 11.5 Å². The van der Waals surface area contributed by atoms with E-state index in [2.05, 4.69) is 23.1 Å². The molecular formula is C22H44N2O5. The molecule has 0 spiro atoms. The van der Waals surface area contributed by atoms with Crippen molar-refractivity contribution >= 4 is 17.8 Å². The van der Waals surface area contributed by atoms with Crippen LogP contribution in [-0.4, -0.2) is 36.1 Å². The minimum Gasteiger partial charge on any atom is -0.481 e. The molecule has 0 aromatic heterocycles. The van der Waals surface area contributed by atoms with Gasteiger partial charge in [0, 0.05) is 6.42 Å². The zero-order chi connectivity index (χ0) is 22.2. The third-order valence-electron chi connectivity index (χ3n) is 4.48. The highest BCUT2D eigenvalue weighted by Crippen LogP contribution is 2.13. The molecule has 0 aromatic carbocycles. The van der Waals surface area contributed by atoms with Gasteiger partial charge in [0.2, 0.25) is 11.8 Å². The second-order valence-corrected chi connectivity index (χ2v) is 7.52. The number of unbranched alkanes of at least 4 members (excludes halogenated alkanes) is 14. The van der Waals surface area contributed by atoms with Gasteiger partial charge in [-0.1, -0.05) is 96.8 Å². The maximum absolute atomic E-state index is 10.3. The van der Waals surface area contributed by atoms with Gasteiger partial charge >= 0.3 is 5.97 Å². The summed E-state index contributed by atoms with van der Waals surface area (Å²) in [6.45, 7) is 1.75. The van der Waals surface area contributed by atoms with Crippen molar-refractivity contribution in [3.05, 3.63) is 0 Å². The maximum atomic E-state index is 10.3. The Morgan fingerprint density at radius 3 is 1.21 bits per heavy atom. The van der Waals surface area contributed by atoms with Gasteiger partial charge in [-0.05, 0) is 6.42 Å². The van der Waals surface area contributed by atoms with Crippen molar-refractivity contribution < 1.29 is 24.2 Å². The van der Waals surface area contributed by atoms with Crippen molar-refractivity contribution in [2.24, 2.45) is 11.5 Å². The number of rotatable bonds is 20. The number of aliphatic carboxylic acids is 1. The van der Waals surface area contributed by atoms with Gasteiger partial charge in [-0.15, -0.1) is 0 Å². The lowest BCUT2D eigenvalue weighted by atomic mass is 10.0. The normalized spacial score (nSPS) is 10.2. The lowest BCUT2D eigenvalue weighted by Gasteiger charge is -2.03. The summed E-state index contributed by atoms with van der Waals surface area (Å²) in [4.78, 5) is 30.2. The van der Waals surface area contributed by atoms with Crippen molar-refractivity contribution in [1.29, 1.82) is 0 Å². The molecule has 0 aliphatic rings. The van der Waals surface area contributed by atoms with Gasteiger partial charge < -0.3 is 21.3 Å². The summed E-state index contributed by atoms with van der Waals surface area (Å²) in [5, 5.41) is 8.52. The maximum Gasteiger partial charge on any atom is 0.303 e. The number of hydrogen-bond donors (Lipinski definition) is 3. The number of amides is 2. The average molecular weight is 417 g/mol. The molecule has 0 unspecified atom stereocenters. The SMILES string of the molecule is CCCCCCCCCCCCCCCCCC(=O)O.NC(=O)COCC(N)=O. The van der Waals surface area contributed by atoms with Crippen molar-refractivity contribution in [1.82, 2.24) is 0 Å². The number of ether oxygens (including phenoxy) is 1. The van der Waals surface area contributed by atoms with E-state index >= 15 is 0 Å². The highest BCUT2D eigenvalue weighted by Gasteiger charge is 1.97. The topological polar surface area (TPSA) is 133 Å². The molecule has 0 heterocycles. The van der Waals surface area contributed by atoms with Crippen molar-refractivity contribution in [2.45, 2.75) is 110 Å².